The Hall–Kier alpha value is -1.42. The lowest BCUT2D eigenvalue weighted by Gasteiger charge is -2.19. The fourth-order valence-corrected chi connectivity index (χ4v) is 2.34. The Morgan fingerprint density at radius 3 is 2.42 bits per heavy atom. The van der Waals surface area contributed by atoms with Crippen molar-refractivity contribution in [1.82, 2.24) is 5.43 Å². The van der Waals surface area contributed by atoms with Crippen LogP contribution in [0.15, 0.2) is 36.4 Å². The van der Waals surface area contributed by atoms with Crippen LogP contribution in [0.4, 0.5) is 4.39 Å². The molecule has 0 bridgehead atoms. The van der Waals surface area contributed by atoms with Crippen molar-refractivity contribution in [2.24, 2.45) is 5.84 Å². The Bertz CT molecular complexity index is 599. The van der Waals surface area contributed by atoms with Crippen LogP contribution < -0.4 is 11.3 Å². The van der Waals surface area contributed by atoms with E-state index in [2.05, 4.69) is 5.43 Å². The van der Waals surface area contributed by atoms with Gasteiger partial charge in [0, 0.05) is 5.02 Å². The van der Waals surface area contributed by atoms with Crippen LogP contribution in [-0.4, -0.2) is 0 Å². The van der Waals surface area contributed by atoms with E-state index in [1.54, 1.807) is 19.1 Å². The molecule has 1 unspecified atom stereocenters. The maximum atomic E-state index is 13.7. The summed E-state index contributed by atoms with van der Waals surface area (Å²) in [7, 11) is 0. The maximum absolute atomic E-state index is 13.7. The van der Waals surface area contributed by atoms with Crippen LogP contribution in [-0.2, 0) is 0 Å². The Kier molecular flexibility index (Phi) is 4.20. The van der Waals surface area contributed by atoms with Gasteiger partial charge in [-0.05, 0) is 54.3 Å². The van der Waals surface area contributed by atoms with Gasteiger partial charge in [-0.15, -0.1) is 0 Å². The first-order chi connectivity index (χ1) is 9.02. The third kappa shape index (κ3) is 2.95. The van der Waals surface area contributed by atoms with Crippen LogP contribution in [0.5, 0.6) is 0 Å². The molecule has 4 heteroatoms. The van der Waals surface area contributed by atoms with E-state index in [-0.39, 0.29) is 11.9 Å². The molecular formula is C15H16ClFN2. The summed E-state index contributed by atoms with van der Waals surface area (Å²) in [6.45, 7) is 3.69. The molecule has 19 heavy (non-hydrogen) atoms. The SMILES string of the molecule is Cc1ccc(C(NN)c2ccc(Cl)cc2C)cc1F. The van der Waals surface area contributed by atoms with Gasteiger partial charge in [0.1, 0.15) is 5.82 Å². The van der Waals surface area contributed by atoms with Crippen LogP contribution in [0.2, 0.25) is 5.02 Å². The van der Waals surface area contributed by atoms with E-state index in [9.17, 15) is 4.39 Å². The van der Waals surface area contributed by atoms with E-state index in [0.29, 0.717) is 10.6 Å². The van der Waals surface area contributed by atoms with Gasteiger partial charge in [-0.2, -0.15) is 0 Å². The van der Waals surface area contributed by atoms with Gasteiger partial charge >= 0.3 is 0 Å². The number of hydrogen-bond acceptors (Lipinski definition) is 2. The minimum absolute atomic E-state index is 0.232. The Morgan fingerprint density at radius 1 is 1.11 bits per heavy atom. The minimum atomic E-state index is -0.257. The standard InChI is InChI=1S/C15H16ClFN2/c1-9-3-4-11(8-14(9)17)15(19-18)13-6-5-12(16)7-10(13)2/h3-8,15,19H,18H2,1-2H3. The first-order valence-corrected chi connectivity index (χ1v) is 6.39. The zero-order valence-corrected chi connectivity index (χ0v) is 11.6. The van der Waals surface area contributed by atoms with Gasteiger partial charge in [-0.25, -0.2) is 9.82 Å². The smallest absolute Gasteiger partial charge is 0.126 e. The summed E-state index contributed by atoms with van der Waals surface area (Å²) in [5.41, 5.74) is 6.13. The van der Waals surface area contributed by atoms with Crippen molar-refractivity contribution in [3.63, 3.8) is 0 Å². The molecule has 2 aromatic rings. The van der Waals surface area contributed by atoms with E-state index in [0.717, 1.165) is 16.7 Å². The Labute approximate surface area is 117 Å². The van der Waals surface area contributed by atoms with Crippen molar-refractivity contribution in [3.8, 4) is 0 Å². The number of rotatable bonds is 3. The lowest BCUT2D eigenvalue weighted by Crippen LogP contribution is -2.29. The van der Waals surface area contributed by atoms with E-state index in [4.69, 9.17) is 17.4 Å². The molecule has 0 radical (unpaired) electrons. The molecule has 0 saturated carbocycles. The summed E-state index contributed by atoms with van der Waals surface area (Å²) in [4.78, 5) is 0. The quantitative estimate of drug-likeness (QED) is 0.664. The Morgan fingerprint density at radius 2 is 1.84 bits per heavy atom. The molecular weight excluding hydrogens is 263 g/mol. The van der Waals surface area contributed by atoms with Gasteiger partial charge < -0.3 is 0 Å². The second-order valence-corrected chi connectivity index (χ2v) is 5.05. The molecule has 0 aliphatic rings. The van der Waals surface area contributed by atoms with Crippen LogP contribution in [0.1, 0.15) is 28.3 Å². The first-order valence-electron chi connectivity index (χ1n) is 6.01. The lowest BCUT2D eigenvalue weighted by atomic mass is 9.95. The topological polar surface area (TPSA) is 38.0 Å². The monoisotopic (exact) mass is 278 g/mol. The summed E-state index contributed by atoms with van der Waals surface area (Å²) in [6.07, 6.45) is 0. The summed E-state index contributed by atoms with van der Waals surface area (Å²) >= 11 is 5.95. The fraction of sp³-hybridized carbons (Fsp3) is 0.200. The van der Waals surface area contributed by atoms with E-state index >= 15 is 0 Å². The number of benzene rings is 2. The van der Waals surface area contributed by atoms with Gasteiger partial charge in [0.15, 0.2) is 0 Å². The van der Waals surface area contributed by atoms with Crippen molar-refractivity contribution < 1.29 is 4.39 Å². The highest BCUT2D eigenvalue weighted by atomic mass is 35.5. The van der Waals surface area contributed by atoms with Crippen LogP contribution in [0.3, 0.4) is 0 Å². The molecule has 1 atom stereocenters. The highest BCUT2D eigenvalue weighted by Crippen LogP contribution is 2.27. The number of hydrogen-bond donors (Lipinski definition) is 2. The molecule has 0 spiro atoms. The number of aryl methyl sites for hydroxylation is 2. The predicted molar refractivity (Wildman–Crippen MR) is 76.5 cm³/mol. The van der Waals surface area contributed by atoms with Gasteiger partial charge in [-0.3, -0.25) is 5.84 Å². The number of halogens is 2. The molecule has 0 aliphatic carbocycles. The van der Waals surface area contributed by atoms with Gasteiger partial charge in [0.25, 0.3) is 0 Å². The number of hydrazine groups is 1. The lowest BCUT2D eigenvalue weighted by molar-refractivity contribution is 0.598. The predicted octanol–water partition coefficient (Wildman–Crippen LogP) is 3.65. The maximum Gasteiger partial charge on any atom is 0.126 e. The molecule has 0 heterocycles. The van der Waals surface area contributed by atoms with E-state index in [1.807, 2.05) is 25.1 Å². The molecule has 3 N–H and O–H groups in total. The molecule has 2 nitrogen and oxygen atoms in total. The fourth-order valence-electron chi connectivity index (χ4n) is 2.12. The van der Waals surface area contributed by atoms with E-state index in [1.165, 1.54) is 6.07 Å². The second-order valence-electron chi connectivity index (χ2n) is 4.61. The molecule has 0 aromatic heterocycles. The third-order valence-electron chi connectivity index (χ3n) is 3.24. The summed E-state index contributed by atoms with van der Waals surface area (Å²) < 4.78 is 13.7. The van der Waals surface area contributed by atoms with Crippen LogP contribution in [0.25, 0.3) is 0 Å². The molecule has 0 aliphatic heterocycles. The Balaban J connectivity index is 2.46. The molecule has 0 fully saturated rings. The van der Waals surface area contributed by atoms with Gasteiger partial charge in [-0.1, -0.05) is 29.8 Å². The van der Waals surface area contributed by atoms with E-state index < -0.39 is 0 Å². The van der Waals surface area contributed by atoms with Crippen molar-refractivity contribution in [2.75, 3.05) is 0 Å². The van der Waals surface area contributed by atoms with Gasteiger partial charge in [0.05, 0.1) is 6.04 Å². The zero-order chi connectivity index (χ0) is 14.0. The largest absolute Gasteiger partial charge is 0.271 e. The number of nitrogens with two attached hydrogens (primary N) is 1. The summed E-state index contributed by atoms with van der Waals surface area (Å²) in [5, 5.41) is 0.673. The summed E-state index contributed by atoms with van der Waals surface area (Å²) in [5.74, 6) is 5.39. The third-order valence-corrected chi connectivity index (χ3v) is 3.47. The van der Waals surface area contributed by atoms with Crippen molar-refractivity contribution in [3.05, 3.63) is 69.5 Å². The van der Waals surface area contributed by atoms with Crippen molar-refractivity contribution in [1.29, 1.82) is 0 Å². The molecule has 0 amide bonds. The van der Waals surface area contributed by atoms with Crippen LogP contribution >= 0.6 is 11.6 Å². The van der Waals surface area contributed by atoms with Gasteiger partial charge in [0.2, 0.25) is 0 Å². The van der Waals surface area contributed by atoms with Crippen LogP contribution in [0, 0.1) is 19.7 Å². The molecule has 0 saturated heterocycles. The zero-order valence-electron chi connectivity index (χ0n) is 10.9. The highest BCUT2D eigenvalue weighted by molar-refractivity contribution is 6.30. The average Bonchev–Trinajstić information content (AvgIpc) is 2.37. The number of nitrogens with one attached hydrogen (secondary N) is 1. The first kappa shape index (κ1) is 14.0. The summed E-state index contributed by atoms with van der Waals surface area (Å²) in [6, 6.07) is 10.4. The average molecular weight is 279 g/mol. The molecule has 100 valence electrons. The van der Waals surface area contributed by atoms with Crippen molar-refractivity contribution >= 4 is 11.6 Å². The highest BCUT2D eigenvalue weighted by Gasteiger charge is 2.16. The molecule has 2 rings (SSSR count). The normalized spacial score (nSPS) is 12.5. The second kappa shape index (κ2) is 5.70. The van der Waals surface area contributed by atoms with Crippen molar-refractivity contribution in [2.45, 2.75) is 19.9 Å². The molecule has 2 aromatic carbocycles. The minimum Gasteiger partial charge on any atom is -0.271 e.